The molecule has 0 atom stereocenters. The fraction of sp³-hybridized carbons (Fsp3) is 0.190. The van der Waals surface area contributed by atoms with Gasteiger partial charge in [-0.15, -0.1) is 0 Å². The van der Waals surface area contributed by atoms with Gasteiger partial charge in [-0.1, -0.05) is 17.7 Å². The van der Waals surface area contributed by atoms with E-state index in [0.717, 1.165) is 12.7 Å². The molecule has 1 N–H and O–H groups in total. The van der Waals surface area contributed by atoms with Gasteiger partial charge in [0.05, 0.1) is 13.7 Å². The molecule has 156 valence electrons. The van der Waals surface area contributed by atoms with E-state index in [9.17, 15) is 14.9 Å². The number of hydrogen-bond donors (Lipinski definition) is 1. The third-order valence-electron chi connectivity index (χ3n) is 3.85. The summed E-state index contributed by atoms with van der Waals surface area (Å²) in [6.07, 6.45) is 1.49. The minimum Gasteiger partial charge on any atom is -0.480 e. The van der Waals surface area contributed by atoms with Crippen LogP contribution in [0.15, 0.2) is 35.9 Å². The number of ether oxygens (including phenoxy) is 2. The van der Waals surface area contributed by atoms with Crippen molar-refractivity contribution in [3.8, 4) is 11.8 Å². The Balaban J connectivity index is 2.22. The van der Waals surface area contributed by atoms with Gasteiger partial charge < -0.3 is 14.8 Å². The van der Waals surface area contributed by atoms with Gasteiger partial charge in [0.25, 0.3) is 5.91 Å². The van der Waals surface area contributed by atoms with Crippen molar-refractivity contribution >= 4 is 80.4 Å². The predicted molar refractivity (Wildman–Crippen MR) is 132 cm³/mol. The van der Waals surface area contributed by atoms with E-state index in [4.69, 9.17) is 21.1 Å². The van der Waals surface area contributed by atoms with Crippen molar-refractivity contribution in [2.45, 2.75) is 13.8 Å². The zero-order valence-corrected chi connectivity index (χ0v) is 21.2. The van der Waals surface area contributed by atoms with Gasteiger partial charge in [0.2, 0.25) is 0 Å². The summed E-state index contributed by atoms with van der Waals surface area (Å²) in [5.41, 5.74) is 1.86. The summed E-state index contributed by atoms with van der Waals surface area (Å²) >= 11 is 10.2. The molecule has 0 radical (unpaired) electrons. The molecule has 0 bridgehead atoms. The molecule has 0 saturated carbocycles. The Morgan fingerprint density at radius 1 is 1.27 bits per heavy atom. The number of nitriles is 1. The standard InChI is InChI=1S/C21H17ClI2N2O4/c1-3-29-19(27)11-30-20-16(23)8-13(9-17(20)24)7-14(10-25)21(28)26-18-6-4-5-15(22)12(18)2/h4-9H,3,11H2,1-2H3,(H,26,28)/b14-7-. The van der Waals surface area contributed by atoms with E-state index >= 15 is 0 Å². The smallest absolute Gasteiger partial charge is 0.344 e. The van der Waals surface area contributed by atoms with Crippen molar-refractivity contribution in [3.05, 3.63) is 59.2 Å². The maximum Gasteiger partial charge on any atom is 0.344 e. The van der Waals surface area contributed by atoms with Gasteiger partial charge >= 0.3 is 5.97 Å². The number of rotatable bonds is 7. The quantitative estimate of drug-likeness (QED) is 0.189. The van der Waals surface area contributed by atoms with Crippen molar-refractivity contribution in [3.63, 3.8) is 0 Å². The number of benzene rings is 2. The minimum absolute atomic E-state index is 0.0545. The average Bonchev–Trinajstić information content (AvgIpc) is 2.69. The van der Waals surface area contributed by atoms with Crippen LogP contribution in [0.2, 0.25) is 5.02 Å². The summed E-state index contributed by atoms with van der Waals surface area (Å²) in [5.74, 6) is -0.442. The normalized spacial score (nSPS) is 10.9. The van der Waals surface area contributed by atoms with Crippen molar-refractivity contribution in [2.24, 2.45) is 0 Å². The van der Waals surface area contributed by atoms with Crippen molar-refractivity contribution in [1.82, 2.24) is 0 Å². The lowest BCUT2D eigenvalue weighted by Gasteiger charge is -2.11. The van der Waals surface area contributed by atoms with Crippen LogP contribution in [-0.4, -0.2) is 25.1 Å². The molecular formula is C21H17ClI2N2O4. The van der Waals surface area contributed by atoms with Crippen LogP contribution in [-0.2, 0) is 14.3 Å². The van der Waals surface area contributed by atoms with Gasteiger partial charge in [0.15, 0.2) is 6.61 Å². The lowest BCUT2D eigenvalue weighted by atomic mass is 10.1. The zero-order valence-electron chi connectivity index (χ0n) is 16.1. The number of nitrogens with one attached hydrogen (secondary N) is 1. The molecule has 0 aliphatic carbocycles. The minimum atomic E-state index is -0.532. The Bertz CT molecular complexity index is 1020. The van der Waals surface area contributed by atoms with Crippen molar-refractivity contribution < 1.29 is 19.1 Å². The fourth-order valence-electron chi connectivity index (χ4n) is 2.38. The van der Waals surface area contributed by atoms with Gasteiger partial charge in [-0.2, -0.15) is 5.26 Å². The summed E-state index contributed by atoms with van der Waals surface area (Å²) in [7, 11) is 0. The van der Waals surface area contributed by atoms with Crippen LogP contribution in [0.1, 0.15) is 18.1 Å². The van der Waals surface area contributed by atoms with E-state index < -0.39 is 11.9 Å². The lowest BCUT2D eigenvalue weighted by Crippen LogP contribution is -2.15. The molecule has 0 unspecified atom stereocenters. The highest BCUT2D eigenvalue weighted by Gasteiger charge is 2.15. The Morgan fingerprint density at radius 2 is 1.93 bits per heavy atom. The third-order valence-corrected chi connectivity index (χ3v) is 5.86. The van der Waals surface area contributed by atoms with Crippen LogP contribution in [0.3, 0.4) is 0 Å². The van der Waals surface area contributed by atoms with E-state index in [1.165, 1.54) is 6.08 Å². The van der Waals surface area contributed by atoms with Crippen molar-refractivity contribution in [2.75, 3.05) is 18.5 Å². The predicted octanol–water partition coefficient (Wildman–Crippen LogP) is 5.35. The number of halogens is 3. The highest BCUT2D eigenvalue weighted by atomic mass is 127. The summed E-state index contributed by atoms with van der Waals surface area (Å²) in [4.78, 5) is 24.1. The molecule has 1 amide bonds. The number of anilines is 1. The maximum atomic E-state index is 12.6. The SMILES string of the molecule is CCOC(=O)COc1c(I)cc(/C=C(/C#N)C(=O)Nc2cccc(Cl)c2C)cc1I. The second-order valence-corrected chi connectivity index (χ2v) is 8.68. The van der Waals surface area contributed by atoms with Gasteiger partial charge in [-0.05, 0) is 100 Å². The van der Waals surface area contributed by atoms with Gasteiger partial charge in [0.1, 0.15) is 17.4 Å². The number of nitrogens with zero attached hydrogens (tertiary/aromatic N) is 1. The van der Waals surface area contributed by atoms with Crippen LogP contribution in [0.25, 0.3) is 6.08 Å². The molecule has 2 aromatic rings. The topological polar surface area (TPSA) is 88.4 Å². The largest absolute Gasteiger partial charge is 0.480 e. The Kier molecular flexibility index (Phi) is 9.38. The highest BCUT2D eigenvalue weighted by molar-refractivity contribution is 14.1. The molecule has 9 heteroatoms. The molecule has 0 spiro atoms. The summed E-state index contributed by atoms with van der Waals surface area (Å²) in [5, 5.41) is 12.7. The van der Waals surface area contributed by atoms with E-state index in [2.05, 4.69) is 50.5 Å². The lowest BCUT2D eigenvalue weighted by molar-refractivity contribution is -0.145. The molecular weight excluding hydrogens is 634 g/mol. The summed E-state index contributed by atoms with van der Waals surface area (Å²) in [6.45, 7) is 3.60. The number of hydrogen-bond acceptors (Lipinski definition) is 5. The number of esters is 1. The fourth-order valence-corrected chi connectivity index (χ4v) is 4.68. The molecule has 0 fully saturated rings. The number of amides is 1. The van der Waals surface area contributed by atoms with Crippen molar-refractivity contribution in [1.29, 1.82) is 5.26 Å². The second-order valence-electron chi connectivity index (χ2n) is 5.94. The maximum absolute atomic E-state index is 12.6. The molecule has 30 heavy (non-hydrogen) atoms. The monoisotopic (exact) mass is 650 g/mol. The molecule has 0 aliphatic heterocycles. The highest BCUT2D eigenvalue weighted by Crippen LogP contribution is 2.30. The number of carbonyl (C=O) groups excluding carboxylic acids is 2. The summed E-state index contributed by atoms with van der Waals surface area (Å²) < 4.78 is 11.9. The Labute approximate surface area is 206 Å². The summed E-state index contributed by atoms with van der Waals surface area (Å²) in [6, 6.07) is 10.6. The van der Waals surface area contributed by atoms with E-state index in [1.807, 2.05) is 6.07 Å². The molecule has 0 saturated heterocycles. The molecule has 0 aromatic heterocycles. The van der Waals surface area contributed by atoms with Gasteiger partial charge in [0, 0.05) is 10.7 Å². The Morgan fingerprint density at radius 3 is 2.53 bits per heavy atom. The van der Waals surface area contributed by atoms with E-state index in [-0.39, 0.29) is 18.8 Å². The molecule has 6 nitrogen and oxygen atoms in total. The third kappa shape index (κ3) is 6.58. The Hall–Kier alpha value is -1.84. The number of carbonyl (C=O) groups is 2. The molecule has 0 aliphatic rings. The van der Waals surface area contributed by atoms with Gasteiger partial charge in [-0.3, -0.25) is 4.79 Å². The zero-order chi connectivity index (χ0) is 22.3. The molecule has 0 heterocycles. The first-order chi connectivity index (χ1) is 14.3. The molecule has 2 rings (SSSR count). The van der Waals surface area contributed by atoms with Gasteiger partial charge in [-0.25, -0.2) is 4.79 Å². The van der Waals surface area contributed by atoms with Crippen LogP contribution < -0.4 is 10.1 Å². The van der Waals surface area contributed by atoms with Crippen LogP contribution in [0.4, 0.5) is 5.69 Å². The van der Waals surface area contributed by atoms with E-state index in [1.54, 1.807) is 44.2 Å². The van der Waals surface area contributed by atoms with E-state index in [0.29, 0.717) is 22.0 Å². The first-order valence-electron chi connectivity index (χ1n) is 8.72. The van der Waals surface area contributed by atoms with Crippen LogP contribution in [0, 0.1) is 25.4 Å². The first-order valence-corrected chi connectivity index (χ1v) is 11.3. The van der Waals surface area contributed by atoms with Crippen LogP contribution >= 0.6 is 56.8 Å². The molecule has 2 aromatic carbocycles. The van der Waals surface area contributed by atoms with Crippen LogP contribution in [0.5, 0.6) is 5.75 Å². The first kappa shape index (κ1) is 24.4. The second kappa shape index (κ2) is 11.5. The average molecular weight is 651 g/mol.